The number of hydrogen-bond donors (Lipinski definition) is 1. The predicted molar refractivity (Wildman–Crippen MR) is 71.9 cm³/mol. The van der Waals surface area contributed by atoms with E-state index in [-0.39, 0.29) is 22.7 Å². The van der Waals surface area contributed by atoms with Crippen molar-refractivity contribution in [2.75, 3.05) is 6.61 Å². The van der Waals surface area contributed by atoms with Gasteiger partial charge in [-0.3, -0.25) is 10.1 Å². The summed E-state index contributed by atoms with van der Waals surface area (Å²) in [6.45, 7) is 2.40. The van der Waals surface area contributed by atoms with Gasteiger partial charge in [-0.15, -0.1) is 0 Å². The lowest BCUT2D eigenvalue weighted by atomic mass is 10.1. The monoisotopic (exact) mass is 300 g/mol. The number of nitro benzene ring substituents is 1. The highest BCUT2D eigenvalue weighted by Crippen LogP contribution is 2.19. The number of nitro groups is 1. The molecular weight excluding hydrogens is 284 g/mol. The molecule has 2 atom stereocenters. The number of benzene rings is 1. The summed E-state index contributed by atoms with van der Waals surface area (Å²) in [4.78, 5) is 9.97. The SMILES string of the molecule is C[C@@H](NS(=O)(=O)c1ccc([N+](=O)[O-])cc1)[C@H]1CCCO1. The second-order valence-electron chi connectivity index (χ2n) is 4.71. The molecule has 1 N–H and O–H groups in total. The third kappa shape index (κ3) is 3.33. The van der Waals surface area contributed by atoms with Crippen molar-refractivity contribution in [3.05, 3.63) is 34.4 Å². The van der Waals surface area contributed by atoms with E-state index in [1.54, 1.807) is 6.92 Å². The van der Waals surface area contributed by atoms with Crippen LogP contribution in [0.15, 0.2) is 29.2 Å². The lowest BCUT2D eigenvalue weighted by Gasteiger charge is -2.19. The second kappa shape index (κ2) is 5.86. The first kappa shape index (κ1) is 14.9. The maximum absolute atomic E-state index is 12.1. The van der Waals surface area contributed by atoms with Gasteiger partial charge in [-0.2, -0.15) is 0 Å². The van der Waals surface area contributed by atoms with Crippen molar-refractivity contribution in [2.24, 2.45) is 0 Å². The van der Waals surface area contributed by atoms with Gasteiger partial charge in [-0.1, -0.05) is 0 Å². The summed E-state index contributed by atoms with van der Waals surface area (Å²) in [6.07, 6.45) is 1.63. The largest absolute Gasteiger partial charge is 0.377 e. The summed E-state index contributed by atoms with van der Waals surface area (Å²) in [5.41, 5.74) is -0.142. The van der Waals surface area contributed by atoms with Crippen LogP contribution in [0.5, 0.6) is 0 Å². The fourth-order valence-electron chi connectivity index (χ4n) is 2.13. The maximum Gasteiger partial charge on any atom is 0.269 e. The molecule has 0 amide bonds. The Hall–Kier alpha value is -1.51. The summed E-state index contributed by atoms with van der Waals surface area (Å²) >= 11 is 0. The van der Waals surface area contributed by atoms with Gasteiger partial charge in [0.2, 0.25) is 10.0 Å². The van der Waals surface area contributed by atoms with Gasteiger partial charge in [-0.25, -0.2) is 13.1 Å². The highest BCUT2D eigenvalue weighted by atomic mass is 32.2. The summed E-state index contributed by atoms with van der Waals surface area (Å²) < 4.78 is 32.3. The molecule has 0 radical (unpaired) electrons. The zero-order valence-electron chi connectivity index (χ0n) is 11.0. The molecule has 1 aliphatic heterocycles. The fraction of sp³-hybridized carbons (Fsp3) is 0.500. The minimum Gasteiger partial charge on any atom is -0.377 e. The van der Waals surface area contributed by atoms with Crippen LogP contribution < -0.4 is 4.72 Å². The number of nitrogens with one attached hydrogen (secondary N) is 1. The third-order valence-corrected chi connectivity index (χ3v) is 4.80. The fourth-order valence-corrected chi connectivity index (χ4v) is 3.40. The number of rotatable bonds is 5. The Labute approximate surface area is 117 Å². The summed E-state index contributed by atoms with van der Waals surface area (Å²) in [5.74, 6) is 0. The quantitative estimate of drug-likeness (QED) is 0.655. The number of sulfonamides is 1. The van der Waals surface area contributed by atoms with E-state index in [0.29, 0.717) is 6.61 Å². The molecule has 1 aliphatic rings. The van der Waals surface area contributed by atoms with Gasteiger partial charge in [0.1, 0.15) is 0 Å². The van der Waals surface area contributed by atoms with E-state index in [0.717, 1.165) is 12.8 Å². The van der Waals surface area contributed by atoms with Crippen LogP contribution in [-0.2, 0) is 14.8 Å². The van der Waals surface area contributed by atoms with Crippen molar-refractivity contribution in [3.63, 3.8) is 0 Å². The Balaban J connectivity index is 2.11. The van der Waals surface area contributed by atoms with Gasteiger partial charge >= 0.3 is 0 Å². The molecule has 0 aliphatic carbocycles. The smallest absolute Gasteiger partial charge is 0.269 e. The van der Waals surface area contributed by atoms with Crippen LogP contribution in [0, 0.1) is 10.1 Å². The molecule has 0 saturated carbocycles. The first-order valence-corrected chi connectivity index (χ1v) is 7.77. The normalized spacial score (nSPS) is 20.8. The minimum atomic E-state index is -3.69. The van der Waals surface area contributed by atoms with Crippen LogP contribution in [0.25, 0.3) is 0 Å². The average molecular weight is 300 g/mol. The van der Waals surface area contributed by atoms with Crippen molar-refractivity contribution < 1.29 is 18.1 Å². The topological polar surface area (TPSA) is 98.5 Å². The molecule has 1 aromatic carbocycles. The van der Waals surface area contributed by atoms with Crippen LogP contribution >= 0.6 is 0 Å². The average Bonchev–Trinajstić information content (AvgIpc) is 2.92. The number of hydrogen-bond acceptors (Lipinski definition) is 5. The number of non-ortho nitro benzene ring substituents is 1. The van der Waals surface area contributed by atoms with E-state index < -0.39 is 14.9 Å². The van der Waals surface area contributed by atoms with E-state index in [4.69, 9.17) is 4.74 Å². The zero-order chi connectivity index (χ0) is 14.8. The Bertz CT molecular complexity index is 578. The van der Waals surface area contributed by atoms with Crippen molar-refractivity contribution >= 4 is 15.7 Å². The van der Waals surface area contributed by atoms with Crippen LogP contribution in [0.3, 0.4) is 0 Å². The Morgan fingerprint density at radius 2 is 2.05 bits per heavy atom. The predicted octanol–water partition coefficient (Wildman–Crippen LogP) is 1.44. The lowest BCUT2D eigenvalue weighted by molar-refractivity contribution is -0.384. The molecule has 1 saturated heterocycles. The molecule has 2 rings (SSSR count). The molecule has 1 fully saturated rings. The van der Waals surface area contributed by atoms with Gasteiger partial charge in [0.15, 0.2) is 0 Å². The van der Waals surface area contributed by atoms with Gasteiger partial charge in [0, 0.05) is 24.8 Å². The Morgan fingerprint density at radius 3 is 2.55 bits per heavy atom. The molecule has 0 spiro atoms. The maximum atomic E-state index is 12.1. The van der Waals surface area contributed by atoms with Crippen LogP contribution in [0.4, 0.5) is 5.69 Å². The van der Waals surface area contributed by atoms with Gasteiger partial charge in [0.05, 0.1) is 15.9 Å². The van der Waals surface area contributed by atoms with Gasteiger partial charge in [0.25, 0.3) is 5.69 Å². The van der Waals surface area contributed by atoms with Gasteiger partial charge < -0.3 is 4.74 Å². The van der Waals surface area contributed by atoms with Crippen molar-refractivity contribution in [1.29, 1.82) is 0 Å². The first-order chi connectivity index (χ1) is 9.40. The Morgan fingerprint density at radius 1 is 1.40 bits per heavy atom. The lowest BCUT2D eigenvalue weighted by Crippen LogP contribution is -2.40. The van der Waals surface area contributed by atoms with Crippen LogP contribution in [0.2, 0.25) is 0 Å². The first-order valence-electron chi connectivity index (χ1n) is 6.28. The number of nitrogens with zero attached hydrogens (tertiary/aromatic N) is 1. The number of ether oxygens (including phenoxy) is 1. The third-order valence-electron chi connectivity index (χ3n) is 3.22. The molecule has 7 nitrogen and oxygen atoms in total. The molecule has 110 valence electrons. The standard InChI is InChI=1S/C12H16N2O5S/c1-9(12-3-2-8-19-12)13-20(17,18)11-6-4-10(5-7-11)14(15)16/h4-7,9,12-13H,2-3,8H2,1H3/t9-,12-/m1/s1. The highest BCUT2D eigenvalue weighted by molar-refractivity contribution is 7.89. The summed E-state index contributed by atoms with van der Waals surface area (Å²) in [7, 11) is -3.69. The highest BCUT2D eigenvalue weighted by Gasteiger charge is 2.27. The van der Waals surface area contributed by atoms with E-state index in [9.17, 15) is 18.5 Å². The molecule has 1 heterocycles. The van der Waals surface area contributed by atoms with Crippen LogP contribution in [0.1, 0.15) is 19.8 Å². The zero-order valence-corrected chi connectivity index (χ0v) is 11.8. The van der Waals surface area contributed by atoms with Crippen molar-refractivity contribution in [2.45, 2.75) is 36.8 Å². The molecule has 1 aromatic rings. The summed E-state index contributed by atoms with van der Waals surface area (Å²) in [6, 6.07) is 4.46. The second-order valence-corrected chi connectivity index (χ2v) is 6.43. The van der Waals surface area contributed by atoms with Crippen molar-refractivity contribution in [1.82, 2.24) is 4.72 Å². The molecule has 8 heteroatoms. The van der Waals surface area contributed by atoms with Crippen molar-refractivity contribution in [3.8, 4) is 0 Å². The minimum absolute atomic E-state index is 0.00736. The molecule has 20 heavy (non-hydrogen) atoms. The van der Waals surface area contributed by atoms with E-state index in [1.165, 1.54) is 24.3 Å². The van der Waals surface area contributed by atoms with Gasteiger partial charge in [-0.05, 0) is 31.9 Å². The molecular formula is C12H16N2O5S. The van der Waals surface area contributed by atoms with Crippen LogP contribution in [-0.4, -0.2) is 32.1 Å². The summed E-state index contributed by atoms with van der Waals surface area (Å²) in [5, 5.41) is 10.5. The van der Waals surface area contributed by atoms with E-state index in [2.05, 4.69) is 4.72 Å². The van der Waals surface area contributed by atoms with E-state index in [1.807, 2.05) is 0 Å². The molecule has 0 bridgehead atoms. The van der Waals surface area contributed by atoms with E-state index >= 15 is 0 Å². The molecule has 0 aromatic heterocycles. The Kier molecular flexibility index (Phi) is 4.36. The molecule has 0 unspecified atom stereocenters.